The highest BCUT2D eigenvalue weighted by atomic mass is 35.5. The molecule has 4 nitrogen and oxygen atoms in total. The molecule has 0 unspecified atom stereocenters. The molecule has 0 heterocycles. The lowest BCUT2D eigenvalue weighted by Crippen LogP contribution is -2.22. The minimum absolute atomic E-state index is 0.147. The van der Waals surface area contributed by atoms with Crippen molar-refractivity contribution in [2.24, 2.45) is 0 Å². The molecule has 1 amide bonds. The van der Waals surface area contributed by atoms with E-state index in [1.807, 2.05) is 6.92 Å². The summed E-state index contributed by atoms with van der Waals surface area (Å²) in [4.78, 5) is 11.2. The first-order valence-electron chi connectivity index (χ1n) is 5.72. The van der Waals surface area contributed by atoms with Crippen molar-refractivity contribution >= 4 is 17.5 Å². The van der Waals surface area contributed by atoms with Crippen molar-refractivity contribution in [3.63, 3.8) is 0 Å². The molecule has 0 atom stereocenters. The van der Waals surface area contributed by atoms with Gasteiger partial charge in [0.25, 0.3) is 0 Å². The van der Waals surface area contributed by atoms with Gasteiger partial charge in [0.05, 0.1) is 12.7 Å². The lowest BCUT2D eigenvalue weighted by atomic mass is 10.2. The molecule has 0 saturated heterocycles. The summed E-state index contributed by atoms with van der Waals surface area (Å²) < 4.78 is 5.56. The van der Waals surface area contributed by atoms with E-state index in [4.69, 9.17) is 21.6 Å². The highest BCUT2D eigenvalue weighted by molar-refractivity contribution is 6.30. The molecule has 96 valence electrons. The number of carbonyl (C=O) groups excluding carboxylic acids is 1. The minimum atomic E-state index is -0.307. The Kier molecular flexibility index (Phi) is 6.03. The molecule has 0 saturated carbocycles. The van der Waals surface area contributed by atoms with Gasteiger partial charge in [0.15, 0.2) is 0 Å². The molecule has 5 heteroatoms. The highest BCUT2D eigenvalue weighted by Gasteiger charge is 2.06. The second kappa shape index (κ2) is 7.57. The number of halogens is 1. The summed E-state index contributed by atoms with van der Waals surface area (Å²) in [5.41, 5.74) is 0.808. The van der Waals surface area contributed by atoms with Crippen LogP contribution in [0.5, 0.6) is 5.75 Å². The van der Waals surface area contributed by atoms with Crippen LogP contribution in [0, 0.1) is 11.3 Å². The number of rotatable bonds is 6. The van der Waals surface area contributed by atoms with Gasteiger partial charge in [0.1, 0.15) is 12.2 Å². The molecular weight excluding hydrogens is 252 g/mol. The van der Waals surface area contributed by atoms with E-state index in [1.165, 1.54) is 0 Å². The molecule has 1 N–H and O–H groups in total. The summed E-state index contributed by atoms with van der Waals surface area (Å²) in [6.45, 7) is 2.94. The predicted octanol–water partition coefficient (Wildman–Crippen LogP) is 2.66. The summed E-state index contributed by atoms with van der Waals surface area (Å²) in [6, 6.07) is 7.07. The molecule has 1 aromatic rings. The fourth-order valence-corrected chi connectivity index (χ4v) is 1.56. The fourth-order valence-electron chi connectivity index (χ4n) is 1.37. The van der Waals surface area contributed by atoms with Crippen molar-refractivity contribution < 1.29 is 9.53 Å². The van der Waals surface area contributed by atoms with Crippen molar-refractivity contribution in [2.75, 3.05) is 6.61 Å². The van der Waals surface area contributed by atoms with Gasteiger partial charge in [-0.25, -0.2) is 0 Å². The van der Waals surface area contributed by atoms with E-state index in [0.29, 0.717) is 23.9 Å². The Morgan fingerprint density at radius 3 is 3.00 bits per heavy atom. The van der Waals surface area contributed by atoms with Gasteiger partial charge < -0.3 is 10.1 Å². The second-order valence-corrected chi connectivity index (χ2v) is 4.15. The van der Waals surface area contributed by atoms with E-state index in [-0.39, 0.29) is 12.3 Å². The first kappa shape index (κ1) is 14.3. The van der Waals surface area contributed by atoms with Crippen LogP contribution in [0.4, 0.5) is 0 Å². The maximum Gasteiger partial charge on any atom is 0.234 e. The van der Waals surface area contributed by atoms with E-state index in [2.05, 4.69) is 5.32 Å². The lowest BCUT2D eigenvalue weighted by molar-refractivity contribution is -0.120. The number of amides is 1. The summed E-state index contributed by atoms with van der Waals surface area (Å²) in [5.74, 6) is 0.400. The Morgan fingerprint density at radius 1 is 1.56 bits per heavy atom. The number of nitrogens with zero attached hydrogens (tertiary/aromatic N) is 1. The Labute approximate surface area is 112 Å². The van der Waals surface area contributed by atoms with Gasteiger partial charge in [0.2, 0.25) is 5.91 Å². The van der Waals surface area contributed by atoms with Crippen molar-refractivity contribution in [3.8, 4) is 11.8 Å². The number of nitrogens with one attached hydrogen (secondary N) is 1. The van der Waals surface area contributed by atoms with E-state index in [1.54, 1.807) is 24.3 Å². The van der Waals surface area contributed by atoms with Gasteiger partial charge in [-0.1, -0.05) is 18.5 Å². The molecule has 0 spiro atoms. The van der Waals surface area contributed by atoms with Gasteiger partial charge in [-0.2, -0.15) is 5.26 Å². The minimum Gasteiger partial charge on any atom is -0.493 e. The highest BCUT2D eigenvalue weighted by Crippen LogP contribution is 2.23. The maximum atomic E-state index is 11.2. The molecule has 18 heavy (non-hydrogen) atoms. The zero-order valence-electron chi connectivity index (χ0n) is 10.2. The smallest absolute Gasteiger partial charge is 0.234 e. The van der Waals surface area contributed by atoms with Crippen molar-refractivity contribution in [1.29, 1.82) is 5.26 Å². The molecule has 0 aliphatic carbocycles. The Balaban J connectivity index is 2.70. The van der Waals surface area contributed by atoms with Gasteiger partial charge >= 0.3 is 0 Å². The fraction of sp³-hybridized carbons (Fsp3) is 0.385. The molecular formula is C13H15ClN2O2. The van der Waals surface area contributed by atoms with Crippen molar-refractivity contribution in [2.45, 2.75) is 26.3 Å². The van der Waals surface area contributed by atoms with Crippen LogP contribution in [-0.2, 0) is 11.3 Å². The number of ether oxygens (including phenoxy) is 1. The summed E-state index contributed by atoms with van der Waals surface area (Å²) in [5, 5.41) is 11.6. The molecule has 0 aliphatic heterocycles. The van der Waals surface area contributed by atoms with E-state index in [9.17, 15) is 4.79 Å². The van der Waals surface area contributed by atoms with Crippen LogP contribution in [0.3, 0.4) is 0 Å². The monoisotopic (exact) mass is 266 g/mol. The Hall–Kier alpha value is -1.73. The average Bonchev–Trinajstić information content (AvgIpc) is 2.35. The number of hydrogen-bond donors (Lipinski definition) is 1. The average molecular weight is 267 g/mol. The van der Waals surface area contributed by atoms with Crippen LogP contribution in [-0.4, -0.2) is 12.5 Å². The molecule has 0 aliphatic rings. The molecule has 0 bridgehead atoms. The van der Waals surface area contributed by atoms with Crippen LogP contribution in [0.2, 0.25) is 5.02 Å². The van der Waals surface area contributed by atoms with Gasteiger partial charge in [0, 0.05) is 17.1 Å². The molecule has 0 radical (unpaired) electrons. The zero-order valence-corrected chi connectivity index (χ0v) is 11.0. The standard InChI is InChI=1S/C13H15ClN2O2/c1-2-7-18-12-4-3-11(14)8-10(12)9-16-13(17)5-6-15/h3-4,8H,2,5,7,9H2,1H3,(H,16,17). The quantitative estimate of drug-likeness (QED) is 0.861. The largest absolute Gasteiger partial charge is 0.493 e. The van der Waals surface area contributed by atoms with Gasteiger partial charge in [-0.3, -0.25) is 4.79 Å². The van der Waals surface area contributed by atoms with Crippen molar-refractivity contribution in [1.82, 2.24) is 5.32 Å². The number of benzene rings is 1. The summed E-state index contributed by atoms with van der Waals surface area (Å²) in [6.07, 6.45) is 0.759. The first-order chi connectivity index (χ1) is 8.67. The third-order valence-corrected chi connectivity index (χ3v) is 2.43. The summed E-state index contributed by atoms with van der Waals surface area (Å²) in [7, 11) is 0. The Morgan fingerprint density at radius 2 is 2.33 bits per heavy atom. The summed E-state index contributed by atoms with van der Waals surface area (Å²) >= 11 is 5.91. The molecule has 0 aromatic heterocycles. The van der Waals surface area contributed by atoms with Crippen molar-refractivity contribution in [3.05, 3.63) is 28.8 Å². The molecule has 1 rings (SSSR count). The number of hydrogen-bond acceptors (Lipinski definition) is 3. The number of carbonyl (C=O) groups is 1. The maximum absolute atomic E-state index is 11.2. The Bertz CT molecular complexity index is 455. The topological polar surface area (TPSA) is 62.1 Å². The molecule has 0 fully saturated rings. The van der Waals surface area contributed by atoms with Crippen LogP contribution in [0.25, 0.3) is 0 Å². The lowest BCUT2D eigenvalue weighted by Gasteiger charge is -2.11. The SMILES string of the molecule is CCCOc1ccc(Cl)cc1CNC(=O)CC#N. The van der Waals surface area contributed by atoms with Crippen LogP contribution in [0.1, 0.15) is 25.3 Å². The first-order valence-corrected chi connectivity index (χ1v) is 6.10. The third kappa shape index (κ3) is 4.64. The van der Waals surface area contributed by atoms with E-state index in [0.717, 1.165) is 12.0 Å². The number of nitriles is 1. The predicted molar refractivity (Wildman–Crippen MR) is 69.3 cm³/mol. The molecule has 1 aromatic carbocycles. The van der Waals surface area contributed by atoms with E-state index >= 15 is 0 Å². The zero-order chi connectivity index (χ0) is 13.4. The van der Waals surface area contributed by atoms with Gasteiger partial charge in [-0.05, 0) is 24.6 Å². The third-order valence-electron chi connectivity index (χ3n) is 2.20. The van der Waals surface area contributed by atoms with Crippen LogP contribution < -0.4 is 10.1 Å². The van der Waals surface area contributed by atoms with E-state index < -0.39 is 0 Å². The van der Waals surface area contributed by atoms with Crippen LogP contribution in [0.15, 0.2) is 18.2 Å². The second-order valence-electron chi connectivity index (χ2n) is 3.71. The van der Waals surface area contributed by atoms with Gasteiger partial charge in [-0.15, -0.1) is 0 Å². The normalized spacial score (nSPS) is 9.61. The van der Waals surface area contributed by atoms with Crippen LogP contribution >= 0.6 is 11.6 Å².